The molecule has 0 aliphatic heterocycles. The molecule has 0 saturated carbocycles. The Hall–Kier alpha value is -2.38. The zero-order valence-electron chi connectivity index (χ0n) is 13.8. The van der Waals surface area contributed by atoms with Crippen LogP contribution < -0.4 is 14.8 Å². The number of hydrogen-bond acceptors (Lipinski definition) is 7. The Balaban J connectivity index is 1.88. The van der Waals surface area contributed by atoms with Gasteiger partial charge in [-0.25, -0.2) is 0 Å². The van der Waals surface area contributed by atoms with Crippen LogP contribution in [0.1, 0.15) is 16.1 Å². The average Bonchev–Trinajstić information content (AvgIpc) is 3.06. The smallest absolute Gasteiger partial charge is 0.157 e. The summed E-state index contributed by atoms with van der Waals surface area (Å²) in [5, 5.41) is 22.1. The highest BCUT2D eigenvalue weighted by atomic mass is 32.1. The zero-order chi connectivity index (χ0) is 17.1. The molecule has 126 valence electrons. The maximum Gasteiger partial charge on any atom is 0.157 e. The first-order valence-corrected chi connectivity index (χ1v) is 8.29. The Bertz CT molecular complexity index is 864. The van der Waals surface area contributed by atoms with Gasteiger partial charge in [0, 0.05) is 28.4 Å². The van der Waals surface area contributed by atoms with E-state index in [1.165, 1.54) is 11.3 Å². The number of anilines is 1. The van der Waals surface area contributed by atoms with Gasteiger partial charge in [0.25, 0.3) is 0 Å². The van der Waals surface area contributed by atoms with Crippen LogP contribution >= 0.6 is 11.3 Å². The van der Waals surface area contributed by atoms with Crippen molar-refractivity contribution in [3.8, 4) is 11.5 Å². The number of hydrogen-bond donors (Lipinski definition) is 2. The van der Waals surface area contributed by atoms with Gasteiger partial charge in [-0.15, -0.1) is 16.4 Å². The van der Waals surface area contributed by atoms with Gasteiger partial charge in [-0.3, -0.25) is 0 Å². The van der Waals surface area contributed by atoms with Gasteiger partial charge >= 0.3 is 0 Å². The minimum atomic E-state index is 0.0184. The number of aryl methyl sites for hydroxylation is 1. The topological polar surface area (TPSA) is 76.5 Å². The van der Waals surface area contributed by atoms with Crippen LogP contribution in [0.15, 0.2) is 24.3 Å². The Labute approximate surface area is 144 Å². The predicted molar refractivity (Wildman–Crippen MR) is 94.9 cm³/mol. The van der Waals surface area contributed by atoms with Gasteiger partial charge in [0.2, 0.25) is 0 Å². The lowest BCUT2D eigenvalue weighted by Crippen LogP contribution is -2.05. The second-order valence-corrected chi connectivity index (χ2v) is 6.42. The van der Waals surface area contributed by atoms with Crippen molar-refractivity contribution in [2.45, 2.75) is 20.1 Å². The van der Waals surface area contributed by atoms with Gasteiger partial charge in [0.05, 0.1) is 31.2 Å². The quantitative estimate of drug-likeness (QED) is 0.715. The fourth-order valence-corrected chi connectivity index (χ4v) is 3.45. The number of fused-ring (bicyclic) bond motifs is 1. The third kappa shape index (κ3) is 3.13. The number of benzene rings is 1. The molecule has 24 heavy (non-hydrogen) atoms. The van der Waals surface area contributed by atoms with Crippen LogP contribution in [-0.4, -0.2) is 29.5 Å². The number of rotatable bonds is 6. The molecule has 1 aromatic carbocycles. The van der Waals surface area contributed by atoms with Crippen LogP contribution in [0.5, 0.6) is 11.5 Å². The normalized spacial score (nSPS) is 10.8. The van der Waals surface area contributed by atoms with Crippen LogP contribution in [-0.2, 0) is 13.2 Å². The van der Waals surface area contributed by atoms with Crippen LogP contribution in [0.3, 0.4) is 0 Å². The summed E-state index contributed by atoms with van der Waals surface area (Å²) in [7, 11) is 3.26. The van der Waals surface area contributed by atoms with E-state index in [0.29, 0.717) is 12.4 Å². The van der Waals surface area contributed by atoms with Crippen molar-refractivity contribution in [2.75, 3.05) is 19.5 Å². The molecule has 0 aliphatic carbocycles. The highest BCUT2D eigenvalue weighted by molar-refractivity contribution is 7.19. The monoisotopic (exact) mass is 345 g/mol. The number of aliphatic hydroxyl groups excluding tert-OH is 1. The van der Waals surface area contributed by atoms with Crippen LogP contribution in [0.25, 0.3) is 10.1 Å². The standard InChI is InChI=1S/C17H19N3O3S/c1-10-16-14(7-13(9-21)24-16)17(20-19-10)18-8-11-4-5-12(22-2)6-15(11)23-3/h4-7,21H,8-9H2,1-3H3,(H,18,20). The first kappa shape index (κ1) is 16.5. The minimum absolute atomic E-state index is 0.0184. The van der Waals surface area contributed by atoms with Crippen molar-refractivity contribution in [1.82, 2.24) is 10.2 Å². The lowest BCUT2D eigenvalue weighted by Gasteiger charge is -2.12. The molecule has 0 spiro atoms. The predicted octanol–water partition coefficient (Wildman–Crippen LogP) is 3.12. The number of thiophene rings is 1. The van der Waals surface area contributed by atoms with E-state index < -0.39 is 0 Å². The highest BCUT2D eigenvalue weighted by Crippen LogP contribution is 2.32. The molecule has 0 unspecified atom stereocenters. The molecule has 0 bridgehead atoms. The zero-order valence-corrected chi connectivity index (χ0v) is 14.6. The third-order valence-electron chi connectivity index (χ3n) is 3.76. The van der Waals surface area contributed by atoms with E-state index in [1.807, 2.05) is 31.2 Å². The number of aromatic nitrogens is 2. The van der Waals surface area contributed by atoms with Crippen molar-refractivity contribution in [1.29, 1.82) is 0 Å². The summed E-state index contributed by atoms with van der Waals surface area (Å²) in [6.45, 7) is 2.48. The van der Waals surface area contributed by atoms with Gasteiger partial charge in [0.1, 0.15) is 11.5 Å². The molecular weight excluding hydrogens is 326 g/mol. The van der Waals surface area contributed by atoms with E-state index in [1.54, 1.807) is 14.2 Å². The molecule has 6 nitrogen and oxygen atoms in total. The summed E-state index contributed by atoms with van der Waals surface area (Å²) in [5.74, 6) is 2.20. The lowest BCUT2D eigenvalue weighted by atomic mass is 10.2. The second kappa shape index (κ2) is 7.02. The van der Waals surface area contributed by atoms with Gasteiger partial charge in [-0.1, -0.05) is 0 Å². The maximum atomic E-state index is 9.37. The van der Waals surface area contributed by atoms with Gasteiger partial charge in [-0.05, 0) is 25.1 Å². The molecule has 0 atom stereocenters. The van der Waals surface area contributed by atoms with Crippen LogP contribution in [0, 0.1) is 6.92 Å². The summed E-state index contributed by atoms with van der Waals surface area (Å²) in [6, 6.07) is 7.65. The van der Waals surface area contributed by atoms with E-state index >= 15 is 0 Å². The molecule has 2 N–H and O–H groups in total. The summed E-state index contributed by atoms with van der Waals surface area (Å²) >= 11 is 1.54. The number of aliphatic hydroxyl groups is 1. The van der Waals surface area contributed by atoms with Gasteiger partial charge < -0.3 is 19.9 Å². The maximum absolute atomic E-state index is 9.37. The van der Waals surface area contributed by atoms with Crippen molar-refractivity contribution >= 4 is 27.2 Å². The Morgan fingerprint density at radius 2 is 2.00 bits per heavy atom. The second-order valence-electron chi connectivity index (χ2n) is 5.28. The first-order chi connectivity index (χ1) is 11.7. The summed E-state index contributed by atoms with van der Waals surface area (Å²) in [6.07, 6.45) is 0. The lowest BCUT2D eigenvalue weighted by molar-refractivity contribution is 0.285. The number of ether oxygens (including phenoxy) is 2. The SMILES string of the molecule is COc1ccc(CNc2nnc(C)c3sc(CO)cc23)c(OC)c1. The molecule has 0 radical (unpaired) electrons. The molecule has 0 fully saturated rings. The molecule has 3 aromatic rings. The van der Waals surface area contributed by atoms with Crippen molar-refractivity contribution in [3.05, 3.63) is 40.4 Å². The summed E-state index contributed by atoms with van der Waals surface area (Å²) in [5.41, 5.74) is 1.86. The van der Waals surface area contributed by atoms with Gasteiger partial charge in [-0.2, -0.15) is 5.10 Å². The molecule has 0 saturated heterocycles. The molecular formula is C17H19N3O3S. The van der Waals surface area contributed by atoms with E-state index in [4.69, 9.17) is 9.47 Å². The van der Waals surface area contributed by atoms with Crippen molar-refractivity contribution in [2.24, 2.45) is 0 Å². The molecule has 2 heterocycles. The Morgan fingerprint density at radius 3 is 2.71 bits per heavy atom. The molecule has 0 aliphatic rings. The molecule has 0 amide bonds. The Kier molecular flexibility index (Phi) is 4.82. The number of nitrogens with zero attached hydrogens (tertiary/aromatic N) is 2. The fourth-order valence-electron chi connectivity index (χ4n) is 2.50. The molecule has 3 rings (SSSR count). The number of nitrogens with one attached hydrogen (secondary N) is 1. The van der Waals surface area contributed by atoms with E-state index in [0.717, 1.165) is 37.7 Å². The first-order valence-electron chi connectivity index (χ1n) is 7.47. The third-order valence-corrected chi connectivity index (χ3v) is 4.99. The van der Waals surface area contributed by atoms with Gasteiger partial charge in [0.15, 0.2) is 5.82 Å². The summed E-state index contributed by atoms with van der Waals surface area (Å²) in [4.78, 5) is 0.896. The average molecular weight is 345 g/mol. The highest BCUT2D eigenvalue weighted by Gasteiger charge is 2.12. The van der Waals surface area contributed by atoms with E-state index in [9.17, 15) is 5.11 Å². The fraction of sp³-hybridized carbons (Fsp3) is 0.294. The molecule has 2 aromatic heterocycles. The largest absolute Gasteiger partial charge is 0.497 e. The Morgan fingerprint density at radius 1 is 1.17 bits per heavy atom. The van der Waals surface area contributed by atoms with E-state index in [-0.39, 0.29) is 6.61 Å². The van der Waals surface area contributed by atoms with Crippen molar-refractivity contribution in [3.63, 3.8) is 0 Å². The van der Waals surface area contributed by atoms with E-state index in [2.05, 4.69) is 15.5 Å². The van der Waals surface area contributed by atoms with Crippen molar-refractivity contribution < 1.29 is 14.6 Å². The van der Waals surface area contributed by atoms with Crippen LogP contribution in [0.2, 0.25) is 0 Å². The number of methoxy groups -OCH3 is 2. The minimum Gasteiger partial charge on any atom is -0.497 e. The van der Waals surface area contributed by atoms with Crippen LogP contribution in [0.4, 0.5) is 5.82 Å². The summed E-state index contributed by atoms with van der Waals surface area (Å²) < 4.78 is 11.7. The molecule has 7 heteroatoms.